The largest absolute Gasteiger partial charge is 0.480 e. The molecule has 1 amide bonds. The van der Waals surface area contributed by atoms with Gasteiger partial charge in [0.25, 0.3) is 5.91 Å². The van der Waals surface area contributed by atoms with Gasteiger partial charge in [-0.25, -0.2) is 4.79 Å². The van der Waals surface area contributed by atoms with Crippen LogP contribution in [0.25, 0.3) is 0 Å². The van der Waals surface area contributed by atoms with Crippen LogP contribution in [0.15, 0.2) is 24.3 Å². The minimum absolute atomic E-state index is 0.0419. The van der Waals surface area contributed by atoms with E-state index in [1.54, 1.807) is 12.1 Å². The summed E-state index contributed by atoms with van der Waals surface area (Å²) in [5.74, 6) is 0.697. The van der Waals surface area contributed by atoms with Crippen molar-refractivity contribution >= 4 is 11.9 Å². The molecule has 5 nitrogen and oxygen atoms in total. The van der Waals surface area contributed by atoms with Crippen molar-refractivity contribution < 1.29 is 14.7 Å². The van der Waals surface area contributed by atoms with Crippen molar-refractivity contribution in [1.82, 2.24) is 10.6 Å². The van der Waals surface area contributed by atoms with Crippen LogP contribution in [-0.4, -0.2) is 36.6 Å². The van der Waals surface area contributed by atoms with E-state index in [4.69, 9.17) is 11.5 Å². The van der Waals surface area contributed by atoms with Gasteiger partial charge in [0.15, 0.2) is 0 Å². The molecule has 0 aliphatic carbocycles. The molecule has 106 valence electrons. The first-order valence-electron chi connectivity index (χ1n) is 6.29. The van der Waals surface area contributed by atoms with E-state index in [2.05, 4.69) is 16.6 Å². The molecule has 3 N–H and O–H groups in total. The van der Waals surface area contributed by atoms with E-state index in [0.717, 1.165) is 12.1 Å². The molecule has 0 saturated carbocycles. The Balaban J connectivity index is 2.86. The van der Waals surface area contributed by atoms with E-state index in [-0.39, 0.29) is 6.42 Å². The lowest BCUT2D eigenvalue weighted by atomic mass is 10.0. The molecule has 0 aromatic heterocycles. The highest BCUT2D eigenvalue weighted by Crippen LogP contribution is 2.10. The van der Waals surface area contributed by atoms with E-state index in [0.29, 0.717) is 12.0 Å². The molecule has 0 saturated heterocycles. The van der Waals surface area contributed by atoms with Gasteiger partial charge in [-0.2, -0.15) is 0 Å². The minimum Gasteiger partial charge on any atom is -0.480 e. The lowest BCUT2D eigenvalue weighted by Crippen LogP contribution is -2.40. The van der Waals surface area contributed by atoms with Crippen molar-refractivity contribution in [2.45, 2.75) is 18.9 Å². The molecule has 1 atom stereocenters. The number of carboxylic acid groups (broad SMARTS) is 1. The Hall–Kier alpha value is -2.32. The maximum absolute atomic E-state index is 12.2. The van der Waals surface area contributed by atoms with Gasteiger partial charge >= 0.3 is 5.97 Å². The Labute approximate surface area is 118 Å². The van der Waals surface area contributed by atoms with Gasteiger partial charge in [-0.3, -0.25) is 4.79 Å². The van der Waals surface area contributed by atoms with Gasteiger partial charge in [-0.05, 0) is 31.6 Å². The smallest absolute Gasteiger partial charge is 0.327 e. The van der Waals surface area contributed by atoms with Crippen LogP contribution >= 0.6 is 0 Å². The monoisotopic (exact) mass is 274 g/mol. The second kappa shape index (κ2) is 7.97. The predicted molar refractivity (Wildman–Crippen MR) is 76.4 cm³/mol. The molecule has 1 unspecified atom stereocenters. The normalized spacial score (nSPS) is 11.4. The molecule has 0 aliphatic heterocycles. The maximum Gasteiger partial charge on any atom is 0.327 e. The second-order valence-electron chi connectivity index (χ2n) is 4.28. The van der Waals surface area contributed by atoms with Crippen LogP contribution in [0, 0.1) is 12.3 Å². The third kappa shape index (κ3) is 4.41. The summed E-state index contributed by atoms with van der Waals surface area (Å²) in [4.78, 5) is 23.1. The summed E-state index contributed by atoms with van der Waals surface area (Å²) < 4.78 is 0. The molecule has 0 fully saturated rings. The van der Waals surface area contributed by atoms with Crippen LogP contribution in [0.5, 0.6) is 0 Å². The number of nitrogens with one attached hydrogen (secondary N) is 2. The predicted octanol–water partition coefficient (Wildman–Crippen LogP) is 0.655. The van der Waals surface area contributed by atoms with Crippen molar-refractivity contribution in [1.29, 1.82) is 0 Å². The molecule has 0 spiro atoms. The third-order valence-electron chi connectivity index (χ3n) is 2.83. The number of likely N-dealkylation sites (N-methyl/N-ethyl adjacent to an activating group) is 1. The zero-order valence-corrected chi connectivity index (χ0v) is 11.3. The van der Waals surface area contributed by atoms with Gasteiger partial charge in [-0.1, -0.05) is 18.2 Å². The Morgan fingerprint density at radius 1 is 1.40 bits per heavy atom. The number of amides is 1. The van der Waals surface area contributed by atoms with Gasteiger partial charge in [0.2, 0.25) is 0 Å². The van der Waals surface area contributed by atoms with Gasteiger partial charge < -0.3 is 15.7 Å². The molecule has 1 rings (SSSR count). The Bertz CT molecular complexity index is 520. The van der Waals surface area contributed by atoms with Crippen LogP contribution in [0.2, 0.25) is 0 Å². The van der Waals surface area contributed by atoms with Crippen molar-refractivity contribution in [2.24, 2.45) is 0 Å². The molecule has 1 aromatic carbocycles. The standard InChI is InChI=1S/C15H18N2O3/c1-3-6-13(15(19)20)17-14(18)12-8-5-4-7-11(12)9-10-16-2/h1,4-5,7-8,13,16H,6,9-10H2,2H3,(H,17,18)(H,19,20). The quantitative estimate of drug-likeness (QED) is 0.638. The maximum atomic E-state index is 12.2. The first kappa shape index (κ1) is 15.7. The zero-order chi connectivity index (χ0) is 15.0. The summed E-state index contributed by atoms with van der Waals surface area (Å²) in [6.07, 6.45) is 5.75. The van der Waals surface area contributed by atoms with E-state index >= 15 is 0 Å². The number of rotatable bonds is 7. The number of hydrogen-bond donors (Lipinski definition) is 3. The van der Waals surface area contributed by atoms with E-state index in [1.807, 2.05) is 19.2 Å². The van der Waals surface area contributed by atoms with Gasteiger partial charge in [0.1, 0.15) is 6.04 Å². The molecule has 5 heteroatoms. The third-order valence-corrected chi connectivity index (χ3v) is 2.83. The summed E-state index contributed by atoms with van der Waals surface area (Å²) in [5.41, 5.74) is 1.34. The van der Waals surface area contributed by atoms with E-state index in [1.165, 1.54) is 0 Å². The van der Waals surface area contributed by atoms with E-state index < -0.39 is 17.9 Å². The lowest BCUT2D eigenvalue weighted by Gasteiger charge is -2.14. The SMILES string of the molecule is C#CCC(NC(=O)c1ccccc1CCNC)C(=O)O. The fraction of sp³-hybridized carbons (Fsp3) is 0.333. The minimum atomic E-state index is -1.14. The lowest BCUT2D eigenvalue weighted by molar-refractivity contribution is -0.139. The number of carboxylic acids is 1. The highest BCUT2D eigenvalue weighted by atomic mass is 16.4. The summed E-state index contributed by atoms with van der Waals surface area (Å²) in [6, 6.07) is 6.05. The number of hydrogen-bond acceptors (Lipinski definition) is 3. The van der Waals surface area contributed by atoms with Crippen molar-refractivity contribution in [3.05, 3.63) is 35.4 Å². The van der Waals surface area contributed by atoms with Crippen molar-refractivity contribution in [2.75, 3.05) is 13.6 Å². The van der Waals surface area contributed by atoms with Gasteiger partial charge in [0, 0.05) is 12.0 Å². The van der Waals surface area contributed by atoms with Gasteiger partial charge in [-0.15, -0.1) is 12.3 Å². The molecule has 0 bridgehead atoms. The molecular weight excluding hydrogens is 256 g/mol. The summed E-state index contributed by atoms with van der Waals surface area (Å²) >= 11 is 0. The highest BCUT2D eigenvalue weighted by molar-refractivity contribution is 5.97. The number of benzene rings is 1. The fourth-order valence-corrected chi connectivity index (χ4v) is 1.77. The topological polar surface area (TPSA) is 78.4 Å². The van der Waals surface area contributed by atoms with Crippen LogP contribution < -0.4 is 10.6 Å². The fourth-order valence-electron chi connectivity index (χ4n) is 1.77. The summed E-state index contributed by atoms with van der Waals surface area (Å²) in [5, 5.41) is 14.4. The Morgan fingerprint density at radius 3 is 2.70 bits per heavy atom. The van der Waals surface area contributed by atoms with Crippen LogP contribution in [0.3, 0.4) is 0 Å². The summed E-state index contributed by atoms with van der Waals surface area (Å²) in [7, 11) is 1.83. The Morgan fingerprint density at radius 2 is 2.10 bits per heavy atom. The van der Waals surface area contributed by atoms with Crippen molar-refractivity contribution in [3.63, 3.8) is 0 Å². The zero-order valence-electron chi connectivity index (χ0n) is 11.3. The molecule has 20 heavy (non-hydrogen) atoms. The molecule has 0 radical (unpaired) electrons. The average molecular weight is 274 g/mol. The first-order valence-corrected chi connectivity index (χ1v) is 6.29. The van der Waals surface area contributed by atoms with Crippen molar-refractivity contribution in [3.8, 4) is 12.3 Å². The molecule has 0 heterocycles. The van der Waals surface area contributed by atoms with Gasteiger partial charge in [0.05, 0.1) is 0 Å². The molecular formula is C15H18N2O3. The molecule has 0 aliphatic rings. The molecule has 1 aromatic rings. The number of carbonyl (C=O) groups is 2. The van der Waals surface area contributed by atoms with Crippen LogP contribution in [0.1, 0.15) is 22.3 Å². The number of aliphatic carboxylic acids is 1. The summed E-state index contributed by atoms with van der Waals surface area (Å²) in [6.45, 7) is 0.733. The second-order valence-corrected chi connectivity index (χ2v) is 4.28. The average Bonchev–Trinajstić information content (AvgIpc) is 2.44. The highest BCUT2D eigenvalue weighted by Gasteiger charge is 2.20. The number of terminal acetylenes is 1. The first-order chi connectivity index (χ1) is 9.60. The number of carbonyl (C=O) groups excluding carboxylic acids is 1. The Kier molecular flexibility index (Phi) is 6.27. The van der Waals surface area contributed by atoms with Crippen LogP contribution in [-0.2, 0) is 11.2 Å². The van der Waals surface area contributed by atoms with Crippen LogP contribution in [0.4, 0.5) is 0 Å². The van der Waals surface area contributed by atoms with E-state index in [9.17, 15) is 9.59 Å².